The van der Waals surface area contributed by atoms with Crippen molar-refractivity contribution in [3.8, 4) is 11.3 Å². The van der Waals surface area contributed by atoms with Gasteiger partial charge in [0, 0.05) is 53.4 Å². The third-order valence-electron chi connectivity index (χ3n) is 12.0. The van der Waals surface area contributed by atoms with Crippen LogP contribution in [0.15, 0.2) is 72.8 Å². The van der Waals surface area contributed by atoms with Crippen molar-refractivity contribution >= 4 is 46.4 Å². The van der Waals surface area contributed by atoms with Crippen LogP contribution in [-0.2, 0) is 32.1 Å². The molecule has 0 radical (unpaired) electrons. The number of carboxylic acids is 1. The van der Waals surface area contributed by atoms with Crippen LogP contribution in [0.25, 0.3) is 28.2 Å². The summed E-state index contributed by atoms with van der Waals surface area (Å²) in [6, 6.07) is 21.4. The highest BCUT2D eigenvalue weighted by Gasteiger charge is 2.43. The molecule has 1 aromatic heterocycles. The van der Waals surface area contributed by atoms with Crippen molar-refractivity contribution < 1.29 is 29.0 Å². The summed E-state index contributed by atoms with van der Waals surface area (Å²) in [5.41, 5.74) is 6.51. The van der Waals surface area contributed by atoms with E-state index in [4.69, 9.17) is 9.84 Å². The van der Waals surface area contributed by atoms with Crippen LogP contribution in [0, 0.1) is 5.92 Å². The number of fused-ring (bicyclic) bond motifs is 5. The molecule has 4 aliphatic rings. The lowest BCUT2D eigenvalue weighted by Gasteiger charge is -2.30. The molecule has 3 heterocycles. The zero-order chi connectivity index (χ0) is 37.2. The first kappa shape index (κ1) is 35.8. The molecule has 3 amide bonds. The minimum atomic E-state index is -1.06. The molecule has 2 saturated carbocycles. The molecule has 3 fully saturated rings. The molecule has 1 unspecified atom stereocenters. The highest BCUT2D eigenvalue weighted by molar-refractivity contribution is 6.06. The van der Waals surface area contributed by atoms with Crippen molar-refractivity contribution in [2.45, 2.75) is 82.2 Å². The van der Waals surface area contributed by atoms with E-state index in [0.29, 0.717) is 74.8 Å². The summed E-state index contributed by atoms with van der Waals surface area (Å²) in [6.45, 7) is 2.81. The normalized spacial score (nSPS) is 19.9. The maximum absolute atomic E-state index is 14.3. The lowest BCUT2D eigenvalue weighted by molar-refractivity contribution is -0.140. The van der Waals surface area contributed by atoms with Gasteiger partial charge < -0.3 is 29.9 Å². The van der Waals surface area contributed by atoms with Gasteiger partial charge in [-0.3, -0.25) is 14.4 Å². The van der Waals surface area contributed by atoms with Crippen LogP contribution in [0.3, 0.4) is 0 Å². The molecule has 10 heteroatoms. The van der Waals surface area contributed by atoms with E-state index in [1.54, 1.807) is 24.3 Å². The van der Waals surface area contributed by atoms with Crippen molar-refractivity contribution in [2.75, 3.05) is 31.6 Å². The quantitative estimate of drug-likeness (QED) is 0.165. The van der Waals surface area contributed by atoms with Gasteiger partial charge in [-0.15, -0.1) is 0 Å². The molecule has 3 aromatic carbocycles. The summed E-state index contributed by atoms with van der Waals surface area (Å²) in [5, 5.41) is 16.3. The van der Waals surface area contributed by atoms with Crippen LogP contribution in [-0.4, -0.2) is 70.1 Å². The summed E-state index contributed by atoms with van der Waals surface area (Å²) < 4.78 is 7.91. The van der Waals surface area contributed by atoms with Gasteiger partial charge in [0.25, 0.3) is 5.91 Å². The Morgan fingerprint density at radius 3 is 2.35 bits per heavy atom. The Labute approximate surface area is 315 Å². The maximum atomic E-state index is 14.3. The fourth-order valence-corrected chi connectivity index (χ4v) is 9.26. The fourth-order valence-electron chi connectivity index (χ4n) is 9.26. The molecule has 2 aliphatic carbocycles. The number of morpholine rings is 1. The fraction of sp³-hybridized carbons (Fsp3) is 0.409. The average molecular weight is 729 g/mol. The second-order valence-corrected chi connectivity index (χ2v) is 15.4. The monoisotopic (exact) mass is 728 g/mol. The van der Waals surface area contributed by atoms with E-state index < -0.39 is 11.5 Å². The van der Waals surface area contributed by atoms with E-state index in [0.717, 1.165) is 42.7 Å². The van der Waals surface area contributed by atoms with E-state index in [-0.39, 0.29) is 23.6 Å². The number of aliphatic carboxylic acids is 1. The molecule has 0 bridgehead atoms. The highest BCUT2D eigenvalue weighted by Crippen LogP contribution is 2.47. The predicted molar refractivity (Wildman–Crippen MR) is 208 cm³/mol. The van der Waals surface area contributed by atoms with Crippen molar-refractivity contribution in [1.29, 1.82) is 0 Å². The van der Waals surface area contributed by atoms with Crippen molar-refractivity contribution in [3.05, 3.63) is 95.1 Å². The van der Waals surface area contributed by atoms with Crippen molar-refractivity contribution in [3.63, 3.8) is 0 Å². The van der Waals surface area contributed by atoms with E-state index in [1.807, 2.05) is 17.0 Å². The number of carbonyl (C=O) groups is 4. The Bertz CT molecular complexity index is 2100. The summed E-state index contributed by atoms with van der Waals surface area (Å²) in [4.78, 5) is 55.2. The van der Waals surface area contributed by atoms with Crippen LogP contribution in [0.1, 0.15) is 90.8 Å². The summed E-state index contributed by atoms with van der Waals surface area (Å²) in [7, 11) is 0. The molecule has 280 valence electrons. The van der Waals surface area contributed by atoms with Gasteiger partial charge >= 0.3 is 5.97 Å². The number of benzene rings is 3. The van der Waals surface area contributed by atoms with Gasteiger partial charge in [-0.05, 0) is 85.1 Å². The minimum Gasteiger partial charge on any atom is -0.478 e. The van der Waals surface area contributed by atoms with Gasteiger partial charge in [0.1, 0.15) is 5.54 Å². The minimum absolute atomic E-state index is 0.150. The second kappa shape index (κ2) is 15.3. The molecule has 1 atom stereocenters. The molecular weight excluding hydrogens is 681 g/mol. The van der Waals surface area contributed by atoms with Crippen LogP contribution in [0.4, 0.5) is 5.69 Å². The standard InChI is InChI=1S/C44H48N4O6/c49-38(50)19-14-29-12-16-34(17-13-29)45-43(53)44(20-6-7-21-44)46-41(51)32-15-18-36-37(27-32)48-28-33(42(52)47-22-24-54-25-23-47)26-31-10-4-5-11-35(31)40(48)39(36)30-8-2-1-3-9-30/h4-5,10-19,27,30,33H,1-3,6-9,20-26,28H2,(H,45,53)(H,46,51)(H,49,50)/b19-14+. The second-order valence-electron chi connectivity index (χ2n) is 15.4. The SMILES string of the molecule is O=C(O)/C=C/c1ccc(NC(=O)C2(NC(=O)c3ccc4c(C5CCCCC5)c5n(c4c3)CC(C(=O)N3CCOCC3)Cc3ccccc3-5)CCCC2)cc1. The van der Waals surface area contributed by atoms with Crippen molar-refractivity contribution in [1.82, 2.24) is 14.8 Å². The van der Waals surface area contributed by atoms with E-state index >= 15 is 0 Å². The number of hydrogen-bond acceptors (Lipinski definition) is 5. The van der Waals surface area contributed by atoms with Crippen molar-refractivity contribution in [2.24, 2.45) is 5.92 Å². The van der Waals surface area contributed by atoms with Gasteiger partial charge in [0.05, 0.1) is 24.8 Å². The number of ether oxygens (including phenoxy) is 1. The average Bonchev–Trinajstić information content (AvgIpc) is 3.76. The zero-order valence-electron chi connectivity index (χ0n) is 30.6. The lowest BCUT2D eigenvalue weighted by Crippen LogP contribution is -2.55. The van der Waals surface area contributed by atoms with E-state index in [1.165, 1.54) is 47.7 Å². The van der Waals surface area contributed by atoms with Crippen LogP contribution in [0.2, 0.25) is 0 Å². The van der Waals surface area contributed by atoms with Crippen LogP contribution >= 0.6 is 0 Å². The Morgan fingerprint density at radius 2 is 1.61 bits per heavy atom. The predicted octanol–water partition coefficient (Wildman–Crippen LogP) is 7.17. The molecule has 3 N–H and O–H groups in total. The Balaban J connectivity index is 1.14. The number of amides is 3. The summed E-state index contributed by atoms with van der Waals surface area (Å²) >= 11 is 0. The topological polar surface area (TPSA) is 130 Å². The zero-order valence-corrected chi connectivity index (χ0v) is 30.6. The smallest absolute Gasteiger partial charge is 0.328 e. The first-order valence-corrected chi connectivity index (χ1v) is 19.6. The molecule has 10 nitrogen and oxygen atoms in total. The van der Waals surface area contributed by atoms with Gasteiger partial charge in [0.15, 0.2) is 0 Å². The third kappa shape index (κ3) is 7.07. The number of rotatable bonds is 8. The molecule has 8 rings (SSSR count). The van der Waals surface area contributed by atoms with Gasteiger partial charge in [-0.25, -0.2) is 4.79 Å². The van der Waals surface area contributed by atoms with Crippen LogP contribution in [0.5, 0.6) is 0 Å². The molecule has 2 aliphatic heterocycles. The number of anilines is 1. The number of nitrogens with one attached hydrogen (secondary N) is 2. The summed E-state index contributed by atoms with van der Waals surface area (Å²) in [6.07, 6.45) is 11.8. The molecule has 1 saturated heterocycles. The lowest BCUT2D eigenvalue weighted by atomic mass is 9.81. The van der Waals surface area contributed by atoms with E-state index in [9.17, 15) is 19.2 Å². The van der Waals surface area contributed by atoms with Crippen LogP contribution < -0.4 is 10.6 Å². The largest absolute Gasteiger partial charge is 0.478 e. The number of carbonyl (C=O) groups excluding carboxylic acids is 3. The molecule has 54 heavy (non-hydrogen) atoms. The van der Waals surface area contributed by atoms with Gasteiger partial charge in [-0.2, -0.15) is 0 Å². The molecular formula is C44H48N4O6. The van der Waals surface area contributed by atoms with Gasteiger partial charge in [-0.1, -0.05) is 74.6 Å². The number of hydrogen-bond donors (Lipinski definition) is 3. The third-order valence-corrected chi connectivity index (χ3v) is 12.0. The first-order chi connectivity index (χ1) is 26.3. The summed E-state index contributed by atoms with van der Waals surface area (Å²) in [5.74, 6) is -1.31. The number of carboxylic acid groups (broad SMARTS) is 1. The highest BCUT2D eigenvalue weighted by atomic mass is 16.5. The Kier molecular flexibility index (Phi) is 10.1. The number of aromatic nitrogens is 1. The Morgan fingerprint density at radius 1 is 0.870 bits per heavy atom. The maximum Gasteiger partial charge on any atom is 0.328 e. The number of nitrogens with zero attached hydrogens (tertiary/aromatic N) is 2. The van der Waals surface area contributed by atoms with E-state index in [2.05, 4.69) is 45.5 Å². The Hall–Kier alpha value is -5.22. The molecule has 4 aromatic rings. The molecule has 0 spiro atoms. The van der Waals surface area contributed by atoms with Gasteiger partial charge in [0.2, 0.25) is 11.8 Å². The first-order valence-electron chi connectivity index (χ1n) is 19.6.